The number of ether oxygens (including phenoxy) is 1. The first-order chi connectivity index (χ1) is 10.5. The Morgan fingerprint density at radius 1 is 1.27 bits per heavy atom. The Balaban J connectivity index is 2.85. The minimum absolute atomic E-state index is 0.308. The van der Waals surface area contributed by atoms with Crippen molar-refractivity contribution in [1.82, 2.24) is 9.80 Å². The second-order valence-corrected chi connectivity index (χ2v) is 4.59. The van der Waals surface area contributed by atoms with E-state index in [0.717, 1.165) is 10.5 Å². The van der Waals surface area contributed by atoms with Gasteiger partial charge in [-0.1, -0.05) is 30.3 Å². The van der Waals surface area contributed by atoms with Crippen molar-refractivity contribution in [3.63, 3.8) is 0 Å². The molecule has 1 aromatic rings. The minimum Gasteiger partial charge on any atom is -0.362 e. The van der Waals surface area contributed by atoms with Gasteiger partial charge < -0.3 is 14.4 Å². The lowest BCUT2D eigenvalue weighted by Crippen LogP contribution is -2.48. The summed E-state index contributed by atoms with van der Waals surface area (Å²) >= 11 is 0. The highest BCUT2D eigenvalue weighted by Gasteiger charge is 2.25. The van der Waals surface area contributed by atoms with Crippen molar-refractivity contribution < 1.29 is 19.1 Å². The maximum atomic E-state index is 12.2. The summed E-state index contributed by atoms with van der Waals surface area (Å²) in [5, 5.41) is 0. The van der Waals surface area contributed by atoms with Crippen LogP contribution in [0.15, 0.2) is 36.4 Å². The number of imide groups is 1. The minimum atomic E-state index is -0.593. The predicted octanol–water partition coefficient (Wildman–Crippen LogP) is 1.77. The lowest BCUT2D eigenvalue weighted by atomic mass is 10.2. The monoisotopic (exact) mass is 304 g/mol. The number of hydrogen-bond acceptors (Lipinski definition) is 4. The molecule has 0 spiro atoms. The van der Waals surface area contributed by atoms with Crippen molar-refractivity contribution in [3.8, 4) is 0 Å². The first-order valence-electron chi connectivity index (χ1n) is 6.79. The molecule has 0 saturated carbocycles. The summed E-state index contributed by atoms with van der Waals surface area (Å²) < 4.78 is 5.03. The second kappa shape index (κ2) is 8.74. The average Bonchev–Trinajstić information content (AvgIpc) is 2.56. The topological polar surface area (TPSA) is 66.9 Å². The Morgan fingerprint density at radius 2 is 1.91 bits per heavy atom. The van der Waals surface area contributed by atoms with Crippen LogP contribution in [0.25, 0.3) is 6.08 Å². The van der Waals surface area contributed by atoms with Crippen LogP contribution in [0.3, 0.4) is 0 Å². The number of amides is 3. The van der Waals surface area contributed by atoms with Crippen LogP contribution in [0.5, 0.6) is 0 Å². The molecule has 118 valence electrons. The number of methoxy groups -OCH3 is 1. The van der Waals surface area contributed by atoms with Gasteiger partial charge in [-0.15, -0.1) is 0 Å². The van der Waals surface area contributed by atoms with E-state index in [9.17, 15) is 14.4 Å². The van der Waals surface area contributed by atoms with E-state index in [1.165, 1.54) is 25.1 Å². The van der Waals surface area contributed by atoms with E-state index in [0.29, 0.717) is 6.29 Å². The molecule has 0 aliphatic carbocycles. The Labute approximate surface area is 130 Å². The largest absolute Gasteiger partial charge is 0.362 e. The molecule has 6 nitrogen and oxygen atoms in total. The van der Waals surface area contributed by atoms with Crippen LogP contribution in [-0.4, -0.2) is 55.0 Å². The molecule has 1 atom stereocenters. The summed E-state index contributed by atoms with van der Waals surface area (Å²) in [6.45, 7) is 1.36. The number of nitrogens with zero attached hydrogens (tertiary/aromatic N) is 2. The fourth-order valence-electron chi connectivity index (χ4n) is 1.66. The van der Waals surface area contributed by atoms with Gasteiger partial charge in [0.2, 0.25) is 0 Å². The average molecular weight is 304 g/mol. The van der Waals surface area contributed by atoms with Gasteiger partial charge in [0.25, 0.3) is 5.91 Å². The number of hydrogen-bond donors (Lipinski definition) is 0. The number of carbonyl (C=O) groups is 3. The van der Waals surface area contributed by atoms with Crippen molar-refractivity contribution in [2.24, 2.45) is 0 Å². The number of benzene rings is 1. The maximum absolute atomic E-state index is 12.2. The van der Waals surface area contributed by atoms with E-state index in [1.807, 2.05) is 30.3 Å². The Hall–Kier alpha value is -2.47. The van der Waals surface area contributed by atoms with Gasteiger partial charge in [0.15, 0.2) is 0 Å². The van der Waals surface area contributed by atoms with Crippen molar-refractivity contribution >= 4 is 24.3 Å². The normalized spacial score (nSPS) is 12.0. The van der Waals surface area contributed by atoms with Gasteiger partial charge >= 0.3 is 6.03 Å². The van der Waals surface area contributed by atoms with Crippen molar-refractivity contribution in [2.45, 2.75) is 13.2 Å². The first-order valence-corrected chi connectivity index (χ1v) is 6.79. The Bertz CT molecular complexity index is 542. The van der Waals surface area contributed by atoms with E-state index < -0.39 is 18.2 Å². The van der Waals surface area contributed by atoms with Gasteiger partial charge in [0.05, 0.1) is 6.54 Å². The smallest absolute Gasteiger partial charge is 0.329 e. The highest BCUT2D eigenvalue weighted by Crippen LogP contribution is 2.06. The summed E-state index contributed by atoms with van der Waals surface area (Å²) in [5.41, 5.74) is 0.827. The lowest BCUT2D eigenvalue weighted by molar-refractivity contribution is -0.126. The van der Waals surface area contributed by atoms with E-state index in [1.54, 1.807) is 13.0 Å². The van der Waals surface area contributed by atoms with Crippen LogP contribution in [0.2, 0.25) is 0 Å². The SMILES string of the molecule is COC(C)N(C)C(=O)N(CC=O)C(=O)/C=C/c1ccccc1. The fourth-order valence-corrected chi connectivity index (χ4v) is 1.66. The zero-order chi connectivity index (χ0) is 16.5. The first kappa shape index (κ1) is 17.6. The molecular formula is C16H20N2O4. The van der Waals surface area contributed by atoms with Crippen LogP contribution in [0, 0.1) is 0 Å². The summed E-state index contributed by atoms with van der Waals surface area (Å²) in [4.78, 5) is 37.3. The van der Waals surface area contributed by atoms with Gasteiger partial charge in [-0.25, -0.2) is 4.79 Å². The van der Waals surface area contributed by atoms with Crippen molar-refractivity contribution in [2.75, 3.05) is 20.7 Å². The predicted molar refractivity (Wildman–Crippen MR) is 82.9 cm³/mol. The van der Waals surface area contributed by atoms with E-state index in [4.69, 9.17) is 4.74 Å². The zero-order valence-electron chi connectivity index (χ0n) is 12.9. The second-order valence-electron chi connectivity index (χ2n) is 4.59. The molecule has 3 amide bonds. The van der Waals surface area contributed by atoms with Gasteiger partial charge in [0, 0.05) is 20.2 Å². The van der Waals surface area contributed by atoms with E-state index in [-0.39, 0.29) is 6.54 Å². The summed E-state index contributed by atoms with van der Waals surface area (Å²) in [6, 6.07) is 8.61. The maximum Gasteiger partial charge on any atom is 0.329 e. The summed E-state index contributed by atoms with van der Waals surface area (Å²) in [7, 11) is 2.96. The molecule has 0 fully saturated rings. The molecule has 1 rings (SSSR count). The standard InChI is InChI=1S/C16H20N2O4/c1-13(22-3)17(2)16(21)18(11-12-19)15(20)10-9-14-7-5-4-6-8-14/h4-10,12-13H,11H2,1-3H3/b10-9+. The van der Waals surface area contributed by atoms with Crippen LogP contribution < -0.4 is 0 Å². The van der Waals surface area contributed by atoms with Crippen LogP contribution >= 0.6 is 0 Å². The molecule has 1 aromatic carbocycles. The quantitative estimate of drug-likeness (QED) is 0.456. The van der Waals surface area contributed by atoms with Crippen molar-refractivity contribution in [1.29, 1.82) is 0 Å². The summed E-state index contributed by atoms with van der Waals surface area (Å²) in [5.74, 6) is -0.559. The molecule has 0 bridgehead atoms. The van der Waals surface area contributed by atoms with Crippen LogP contribution in [0.1, 0.15) is 12.5 Å². The van der Waals surface area contributed by atoms with Gasteiger partial charge in [-0.3, -0.25) is 9.69 Å². The molecular weight excluding hydrogens is 284 g/mol. The van der Waals surface area contributed by atoms with Crippen LogP contribution in [-0.2, 0) is 14.3 Å². The van der Waals surface area contributed by atoms with Gasteiger partial charge in [-0.05, 0) is 18.6 Å². The van der Waals surface area contributed by atoms with E-state index in [2.05, 4.69) is 0 Å². The van der Waals surface area contributed by atoms with Gasteiger partial charge in [0.1, 0.15) is 12.5 Å². The molecule has 22 heavy (non-hydrogen) atoms. The Morgan fingerprint density at radius 3 is 2.45 bits per heavy atom. The number of carbonyl (C=O) groups excluding carboxylic acids is 3. The highest BCUT2D eigenvalue weighted by atomic mass is 16.5. The lowest BCUT2D eigenvalue weighted by Gasteiger charge is -2.28. The third-order valence-electron chi connectivity index (χ3n) is 3.16. The highest BCUT2D eigenvalue weighted by molar-refractivity contribution is 6.03. The summed E-state index contributed by atoms with van der Waals surface area (Å²) in [6.07, 6.45) is 2.86. The van der Waals surface area contributed by atoms with E-state index >= 15 is 0 Å². The molecule has 0 radical (unpaired) electrons. The van der Waals surface area contributed by atoms with Crippen LogP contribution in [0.4, 0.5) is 4.79 Å². The zero-order valence-corrected chi connectivity index (χ0v) is 12.9. The number of urea groups is 1. The fraction of sp³-hybridized carbons (Fsp3) is 0.312. The molecule has 1 unspecified atom stereocenters. The number of rotatable bonds is 6. The molecule has 0 heterocycles. The molecule has 0 aromatic heterocycles. The third kappa shape index (κ3) is 4.82. The molecule has 0 N–H and O–H groups in total. The molecule has 0 aliphatic heterocycles. The molecule has 0 saturated heterocycles. The molecule has 0 aliphatic rings. The molecule has 6 heteroatoms. The number of aldehydes is 1. The van der Waals surface area contributed by atoms with Gasteiger partial charge in [-0.2, -0.15) is 0 Å². The van der Waals surface area contributed by atoms with Crippen molar-refractivity contribution in [3.05, 3.63) is 42.0 Å². The third-order valence-corrected chi connectivity index (χ3v) is 3.16. The Kier molecular flexibility index (Phi) is 6.98.